The van der Waals surface area contributed by atoms with E-state index in [4.69, 9.17) is 9.47 Å². The van der Waals surface area contributed by atoms with Gasteiger partial charge in [0.05, 0.1) is 6.21 Å². The highest BCUT2D eigenvalue weighted by Gasteiger charge is 2.15. The maximum atomic E-state index is 11.5. The molecule has 6 heteroatoms. The second-order valence-electron chi connectivity index (χ2n) is 5.15. The van der Waals surface area contributed by atoms with E-state index in [1.807, 2.05) is 18.2 Å². The number of hydrogen-bond donors (Lipinski definition) is 1. The fraction of sp³-hybridized carbons (Fsp3) is 0.333. The van der Waals surface area contributed by atoms with Crippen molar-refractivity contribution in [3.05, 3.63) is 40.9 Å². The molecule has 0 aliphatic rings. The molecule has 21 heavy (non-hydrogen) atoms. The Bertz CT molecular complexity index is 536. The van der Waals surface area contributed by atoms with Gasteiger partial charge < -0.3 is 9.47 Å². The van der Waals surface area contributed by atoms with Crippen molar-refractivity contribution in [1.29, 1.82) is 0 Å². The van der Waals surface area contributed by atoms with Gasteiger partial charge in [-0.05, 0) is 39.0 Å². The van der Waals surface area contributed by atoms with Gasteiger partial charge in [-0.25, -0.2) is 10.2 Å². The fourth-order valence-corrected chi connectivity index (χ4v) is 1.73. The number of nitrogens with zero attached hydrogens (tertiary/aromatic N) is 1. The van der Waals surface area contributed by atoms with E-state index in [0.717, 1.165) is 10.0 Å². The van der Waals surface area contributed by atoms with E-state index < -0.39 is 11.7 Å². The normalized spacial score (nSPS) is 11.2. The van der Waals surface area contributed by atoms with Gasteiger partial charge in [0.2, 0.25) is 0 Å². The van der Waals surface area contributed by atoms with Crippen molar-refractivity contribution < 1.29 is 14.3 Å². The minimum absolute atomic E-state index is 0.391. The second-order valence-corrected chi connectivity index (χ2v) is 6.07. The first kappa shape index (κ1) is 17.2. The van der Waals surface area contributed by atoms with Crippen LogP contribution in [-0.4, -0.2) is 24.5 Å². The van der Waals surface area contributed by atoms with Crippen LogP contribution in [0.3, 0.4) is 0 Å². The van der Waals surface area contributed by atoms with Crippen LogP contribution in [0.4, 0.5) is 4.79 Å². The summed E-state index contributed by atoms with van der Waals surface area (Å²) in [6.45, 7) is 9.34. The van der Waals surface area contributed by atoms with Crippen LogP contribution >= 0.6 is 15.9 Å². The summed E-state index contributed by atoms with van der Waals surface area (Å²) >= 11 is 3.38. The van der Waals surface area contributed by atoms with E-state index in [1.165, 1.54) is 6.21 Å². The molecular formula is C15H19BrN2O3. The van der Waals surface area contributed by atoms with Crippen molar-refractivity contribution in [3.63, 3.8) is 0 Å². The topological polar surface area (TPSA) is 59.9 Å². The maximum Gasteiger partial charge on any atom is 0.428 e. The highest BCUT2D eigenvalue weighted by atomic mass is 79.9. The summed E-state index contributed by atoms with van der Waals surface area (Å²) in [5, 5.41) is 3.86. The Morgan fingerprint density at radius 1 is 1.48 bits per heavy atom. The molecule has 1 aromatic carbocycles. The third kappa shape index (κ3) is 6.94. The molecule has 1 amide bonds. The van der Waals surface area contributed by atoms with Crippen LogP contribution in [0, 0.1) is 0 Å². The fourth-order valence-electron chi connectivity index (χ4n) is 1.36. The van der Waals surface area contributed by atoms with Gasteiger partial charge >= 0.3 is 6.09 Å². The number of benzene rings is 1. The molecule has 0 atom stereocenters. The SMILES string of the molecule is C=CCOc1ccc(Br)cc1/C=N\NC(=O)OC(C)(C)C. The van der Waals surface area contributed by atoms with Gasteiger partial charge in [0.15, 0.2) is 0 Å². The van der Waals surface area contributed by atoms with Gasteiger partial charge in [-0.2, -0.15) is 5.10 Å². The lowest BCUT2D eigenvalue weighted by atomic mass is 10.2. The smallest absolute Gasteiger partial charge is 0.428 e. The molecule has 0 unspecified atom stereocenters. The summed E-state index contributed by atoms with van der Waals surface area (Å²) in [5.41, 5.74) is 2.47. The highest BCUT2D eigenvalue weighted by molar-refractivity contribution is 9.10. The molecule has 0 aliphatic carbocycles. The summed E-state index contributed by atoms with van der Waals surface area (Å²) in [4.78, 5) is 11.5. The average Bonchev–Trinajstić information content (AvgIpc) is 2.35. The number of rotatable bonds is 5. The predicted molar refractivity (Wildman–Crippen MR) is 86.8 cm³/mol. The largest absolute Gasteiger partial charge is 0.489 e. The zero-order chi connectivity index (χ0) is 15.9. The molecule has 114 valence electrons. The first-order valence-electron chi connectivity index (χ1n) is 6.37. The number of amides is 1. The van der Waals surface area contributed by atoms with E-state index in [1.54, 1.807) is 26.8 Å². The molecule has 0 fully saturated rings. The minimum atomic E-state index is -0.609. The molecule has 0 bridgehead atoms. The van der Waals surface area contributed by atoms with Crippen LogP contribution in [0.15, 0.2) is 40.4 Å². The molecule has 0 saturated carbocycles. The van der Waals surface area contributed by atoms with Crippen LogP contribution in [0.1, 0.15) is 26.3 Å². The van der Waals surface area contributed by atoms with E-state index >= 15 is 0 Å². The standard InChI is InChI=1S/C15H19BrN2O3/c1-5-8-20-13-7-6-12(16)9-11(13)10-17-18-14(19)21-15(2,3)4/h5-7,9-10H,1,8H2,2-4H3,(H,18,19)/b17-10-. The Morgan fingerprint density at radius 3 is 2.81 bits per heavy atom. The lowest BCUT2D eigenvalue weighted by molar-refractivity contribution is 0.0529. The zero-order valence-corrected chi connectivity index (χ0v) is 13.9. The summed E-state index contributed by atoms with van der Waals surface area (Å²) in [7, 11) is 0. The Kier molecular flexibility index (Phi) is 6.42. The molecule has 1 rings (SSSR count). The first-order chi connectivity index (χ1) is 9.81. The van der Waals surface area contributed by atoms with Crippen LogP contribution in [0.2, 0.25) is 0 Å². The number of halogens is 1. The van der Waals surface area contributed by atoms with Crippen molar-refractivity contribution >= 4 is 28.2 Å². The number of hydrogen-bond acceptors (Lipinski definition) is 4. The van der Waals surface area contributed by atoms with Crippen molar-refractivity contribution in [1.82, 2.24) is 5.43 Å². The molecule has 0 aromatic heterocycles. The number of hydrazone groups is 1. The predicted octanol–water partition coefficient (Wildman–Crippen LogP) is 3.87. The van der Waals surface area contributed by atoms with E-state index in [9.17, 15) is 4.79 Å². The maximum absolute atomic E-state index is 11.5. The number of carbonyl (C=O) groups excluding carboxylic acids is 1. The molecule has 0 radical (unpaired) electrons. The van der Waals surface area contributed by atoms with Crippen molar-refractivity contribution in [2.75, 3.05) is 6.61 Å². The van der Waals surface area contributed by atoms with E-state index in [0.29, 0.717) is 12.4 Å². The first-order valence-corrected chi connectivity index (χ1v) is 7.16. The summed E-state index contributed by atoms with van der Waals surface area (Å²) in [6.07, 6.45) is 2.54. The Labute approximate surface area is 133 Å². The lowest BCUT2D eigenvalue weighted by Crippen LogP contribution is -2.29. The molecule has 0 saturated heterocycles. The Morgan fingerprint density at radius 2 is 2.19 bits per heavy atom. The molecular weight excluding hydrogens is 336 g/mol. The van der Waals surface area contributed by atoms with Gasteiger partial charge in [0.25, 0.3) is 0 Å². The number of nitrogens with one attached hydrogen (secondary N) is 1. The third-order valence-electron chi connectivity index (χ3n) is 2.09. The van der Waals surface area contributed by atoms with Crippen LogP contribution < -0.4 is 10.2 Å². The van der Waals surface area contributed by atoms with Crippen molar-refractivity contribution in [2.24, 2.45) is 5.10 Å². The summed E-state index contributed by atoms with van der Waals surface area (Å²) in [6, 6.07) is 5.50. The monoisotopic (exact) mass is 354 g/mol. The Hall–Kier alpha value is -1.82. The molecule has 1 N–H and O–H groups in total. The Balaban J connectivity index is 2.72. The van der Waals surface area contributed by atoms with E-state index in [2.05, 4.69) is 33.0 Å². The van der Waals surface area contributed by atoms with Gasteiger partial charge in [0.1, 0.15) is 18.0 Å². The zero-order valence-electron chi connectivity index (χ0n) is 12.4. The summed E-state index contributed by atoms with van der Waals surface area (Å²) < 4.78 is 11.5. The van der Waals surface area contributed by atoms with Gasteiger partial charge in [0, 0.05) is 10.0 Å². The summed E-state index contributed by atoms with van der Waals surface area (Å²) in [5.74, 6) is 0.646. The van der Waals surface area contributed by atoms with Crippen LogP contribution in [0.5, 0.6) is 5.75 Å². The average molecular weight is 355 g/mol. The molecule has 0 aliphatic heterocycles. The molecule has 5 nitrogen and oxygen atoms in total. The van der Waals surface area contributed by atoms with E-state index in [-0.39, 0.29) is 0 Å². The quantitative estimate of drug-likeness (QED) is 0.496. The van der Waals surface area contributed by atoms with Gasteiger partial charge in [-0.15, -0.1) is 0 Å². The lowest BCUT2D eigenvalue weighted by Gasteiger charge is -2.18. The van der Waals surface area contributed by atoms with Gasteiger partial charge in [-0.3, -0.25) is 0 Å². The number of ether oxygens (including phenoxy) is 2. The molecule has 0 spiro atoms. The van der Waals surface area contributed by atoms with Crippen molar-refractivity contribution in [2.45, 2.75) is 26.4 Å². The van der Waals surface area contributed by atoms with Crippen LogP contribution in [0.25, 0.3) is 0 Å². The third-order valence-corrected chi connectivity index (χ3v) is 2.58. The van der Waals surface area contributed by atoms with Crippen molar-refractivity contribution in [3.8, 4) is 5.75 Å². The molecule has 0 heterocycles. The highest BCUT2D eigenvalue weighted by Crippen LogP contribution is 2.21. The molecule has 1 aromatic rings. The minimum Gasteiger partial charge on any atom is -0.489 e. The number of carbonyl (C=O) groups is 1. The van der Waals surface area contributed by atoms with Gasteiger partial charge in [-0.1, -0.05) is 28.6 Å². The van der Waals surface area contributed by atoms with Crippen LogP contribution in [-0.2, 0) is 4.74 Å². The second kappa shape index (κ2) is 7.83.